The number of fused-ring (bicyclic) bond motifs is 1. The quantitative estimate of drug-likeness (QED) is 0.614. The lowest BCUT2D eigenvalue weighted by atomic mass is 9.82. The number of rotatable bonds is 5. The van der Waals surface area contributed by atoms with Crippen molar-refractivity contribution >= 4 is 34.3 Å². The first kappa shape index (κ1) is 15.4. The second kappa shape index (κ2) is 6.39. The van der Waals surface area contributed by atoms with E-state index >= 15 is 0 Å². The fraction of sp³-hybridized carbons (Fsp3) is 0.211. The largest absolute Gasteiger partial charge is 0.345 e. The molecule has 3 N–H and O–H groups in total. The number of nitrogens with zero attached hydrogens (tertiary/aromatic N) is 2. The number of hydrogen-bond acceptors (Lipinski definition) is 4. The smallest absolute Gasteiger partial charge is 0.247 e. The molecule has 126 valence electrons. The van der Waals surface area contributed by atoms with Gasteiger partial charge in [0.25, 0.3) is 0 Å². The molecule has 2 heterocycles. The lowest BCUT2D eigenvalue weighted by molar-refractivity contribution is -0.111. The van der Waals surface area contributed by atoms with Crippen molar-refractivity contribution in [2.75, 3.05) is 10.6 Å². The van der Waals surface area contributed by atoms with Crippen molar-refractivity contribution in [1.82, 2.24) is 15.0 Å². The SMILES string of the molecule is C=CC(=O)Nc1cccc(Nc2nc3cc[nH]c3nc2C2CCC2)c1. The van der Waals surface area contributed by atoms with Crippen molar-refractivity contribution in [1.29, 1.82) is 0 Å². The monoisotopic (exact) mass is 333 g/mol. The fourth-order valence-corrected chi connectivity index (χ4v) is 2.95. The zero-order valence-corrected chi connectivity index (χ0v) is 13.7. The van der Waals surface area contributed by atoms with E-state index in [2.05, 4.69) is 22.2 Å². The molecule has 1 saturated carbocycles. The van der Waals surface area contributed by atoms with Crippen LogP contribution in [0.2, 0.25) is 0 Å². The van der Waals surface area contributed by atoms with Crippen molar-refractivity contribution in [2.24, 2.45) is 0 Å². The highest BCUT2D eigenvalue weighted by Crippen LogP contribution is 2.39. The van der Waals surface area contributed by atoms with E-state index in [1.165, 1.54) is 12.5 Å². The maximum atomic E-state index is 11.5. The number of aromatic nitrogens is 3. The van der Waals surface area contributed by atoms with Gasteiger partial charge in [-0.25, -0.2) is 9.97 Å². The Morgan fingerprint density at radius 2 is 2.08 bits per heavy atom. The van der Waals surface area contributed by atoms with Crippen LogP contribution in [0.3, 0.4) is 0 Å². The molecule has 1 amide bonds. The van der Waals surface area contributed by atoms with Gasteiger partial charge in [-0.2, -0.15) is 0 Å². The molecule has 1 fully saturated rings. The molecule has 1 aliphatic rings. The predicted octanol–water partition coefficient (Wildman–Crippen LogP) is 4.09. The third kappa shape index (κ3) is 3.10. The van der Waals surface area contributed by atoms with Crippen molar-refractivity contribution < 1.29 is 4.79 Å². The van der Waals surface area contributed by atoms with Gasteiger partial charge in [0.2, 0.25) is 5.91 Å². The highest BCUT2D eigenvalue weighted by atomic mass is 16.1. The van der Waals surface area contributed by atoms with Crippen LogP contribution in [0, 0.1) is 0 Å². The summed E-state index contributed by atoms with van der Waals surface area (Å²) in [5.74, 6) is 0.996. The van der Waals surface area contributed by atoms with Gasteiger partial charge in [0.05, 0.1) is 5.69 Å². The Hall–Kier alpha value is -3.15. The molecule has 2 aromatic heterocycles. The third-order valence-electron chi connectivity index (χ3n) is 4.48. The Morgan fingerprint density at radius 1 is 1.24 bits per heavy atom. The lowest BCUT2D eigenvalue weighted by Gasteiger charge is -2.26. The van der Waals surface area contributed by atoms with E-state index in [0.717, 1.165) is 41.2 Å². The molecule has 0 aliphatic heterocycles. The first-order valence-corrected chi connectivity index (χ1v) is 8.38. The van der Waals surface area contributed by atoms with E-state index in [1.54, 1.807) is 0 Å². The summed E-state index contributed by atoms with van der Waals surface area (Å²) < 4.78 is 0. The standard InChI is InChI=1S/C19H19N5O/c1-2-16(25)21-13-7-4-8-14(11-13)22-19-17(12-5-3-6-12)24-18-15(23-19)9-10-20-18/h2,4,7-12H,1,3,5-6H2,(H,20,24)(H,21,25)(H,22,23). The van der Waals surface area contributed by atoms with Crippen LogP contribution < -0.4 is 10.6 Å². The van der Waals surface area contributed by atoms with E-state index in [1.807, 2.05) is 36.5 Å². The Labute approximate surface area is 145 Å². The van der Waals surface area contributed by atoms with Gasteiger partial charge < -0.3 is 15.6 Å². The number of nitrogens with one attached hydrogen (secondary N) is 3. The van der Waals surface area contributed by atoms with Gasteiger partial charge in [-0.1, -0.05) is 19.1 Å². The van der Waals surface area contributed by atoms with Crippen LogP contribution in [0.15, 0.2) is 49.2 Å². The molecule has 4 rings (SSSR count). The van der Waals surface area contributed by atoms with Crippen LogP contribution in [0.5, 0.6) is 0 Å². The molecule has 0 atom stereocenters. The van der Waals surface area contributed by atoms with Crippen LogP contribution in [-0.4, -0.2) is 20.9 Å². The molecule has 3 aromatic rings. The van der Waals surface area contributed by atoms with Crippen LogP contribution in [-0.2, 0) is 4.79 Å². The molecule has 0 unspecified atom stereocenters. The Kier molecular flexibility index (Phi) is 3.93. The van der Waals surface area contributed by atoms with Gasteiger partial charge in [-0.05, 0) is 43.2 Å². The maximum Gasteiger partial charge on any atom is 0.247 e. The Balaban J connectivity index is 1.66. The van der Waals surface area contributed by atoms with Gasteiger partial charge in [0.1, 0.15) is 5.52 Å². The number of carbonyl (C=O) groups is 1. The highest BCUT2D eigenvalue weighted by Gasteiger charge is 2.25. The van der Waals surface area contributed by atoms with Crippen molar-refractivity contribution in [3.63, 3.8) is 0 Å². The Bertz CT molecular complexity index is 942. The normalized spacial score (nSPS) is 14.1. The average molecular weight is 333 g/mol. The van der Waals surface area contributed by atoms with E-state index in [9.17, 15) is 4.79 Å². The maximum absolute atomic E-state index is 11.5. The van der Waals surface area contributed by atoms with E-state index < -0.39 is 0 Å². The summed E-state index contributed by atoms with van der Waals surface area (Å²) in [6.45, 7) is 3.47. The Morgan fingerprint density at radius 3 is 2.84 bits per heavy atom. The fourth-order valence-electron chi connectivity index (χ4n) is 2.95. The molecule has 1 aromatic carbocycles. The highest BCUT2D eigenvalue weighted by molar-refractivity contribution is 5.99. The zero-order chi connectivity index (χ0) is 17.2. The first-order chi connectivity index (χ1) is 12.2. The van der Waals surface area contributed by atoms with Gasteiger partial charge in [-0.3, -0.25) is 4.79 Å². The number of carbonyl (C=O) groups excluding carboxylic acids is 1. The summed E-state index contributed by atoms with van der Waals surface area (Å²) in [6.07, 6.45) is 6.62. The van der Waals surface area contributed by atoms with Gasteiger partial charge in [-0.15, -0.1) is 0 Å². The number of aromatic amines is 1. The minimum Gasteiger partial charge on any atom is -0.345 e. The van der Waals surface area contributed by atoms with E-state index in [-0.39, 0.29) is 5.91 Å². The number of anilines is 3. The third-order valence-corrected chi connectivity index (χ3v) is 4.48. The summed E-state index contributed by atoms with van der Waals surface area (Å²) in [4.78, 5) is 24.1. The summed E-state index contributed by atoms with van der Waals surface area (Å²) in [5, 5.41) is 6.14. The molecule has 0 saturated heterocycles. The minimum absolute atomic E-state index is 0.235. The molecule has 6 nitrogen and oxygen atoms in total. The lowest BCUT2D eigenvalue weighted by Crippen LogP contribution is -2.14. The molecule has 25 heavy (non-hydrogen) atoms. The molecular formula is C19H19N5O. The molecule has 1 aliphatic carbocycles. The van der Waals surface area contributed by atoms with Gasteiger partial charge in [0.15, 0.2) is 11.5 Å². The minimum atomic E-state index is -0.235. The van der Waals surface area contributed by atoms with Crippen LogP contribution in [0.25, 0.3) is 11.2 Å². The average Bonchev–Trinajstić information content (AvgIpc) is 3.01. The summed E-state index contributed by atoms with van der Waals surface area (Å²) >= 11 is 0. The molecular weight excluding hydrogens is 314 g/mol. The van der Waals surface area contributed by atoms with E-state index in [4.69, 9.17) is 9.97 Å². The topological polar surface area (TPSA) is 82.7 Å². The van der Waals surface area contributed by atoms with Crippen LogP contribution in [0.1, 0.15) is 30.9 Å². The number of amides is 1. The second-order valence-electron chi connectivity index (χ2n) is 6.20. The predicted molar refractivity (Wildman–Crippen MR) is 99.0 cm³/mol. The summed E-state index contributed by atoms with van der Waals surface area (Å²) in [6, 6.07) is 9.44. The zero-order valence-electron chi connectivity index (χ0n) is 13.7. The van der Waals surface area contributed by atoms with E-state index in [0.29, 0.717) is 11.6 Å². The van der Waals surface area contributed by atoms with Crippen LogP contribution in [0.4, 0.5) is 17.2 Å². The van der Waals surface area contributed by atoms with Crippen molar-refractivity contribution in [3.8, 4) is 0 Å². The summed E-state index contributed by atoms with van der Waals surface area (Å²) in [7, 11) is 0. The van der Waals surface area contributed by atoms with Crippen molar-refractivity contribution in [2.45, 2.75) is 25.2 Å². The van der Waals surface area contributed by atoms with Crippen LogP contribution >= 0.6 is 0 Å². The molecule has 6 heteroatoms. The second-order valence-corrected chi connectivity index (χ2v) is 6.20. The molecule has 0 radical (unpaired) electrons. The van der Waals surface area contributed by atoms with Crippen molar-refractivity contribution in [3.05, 3.63) is 54.9 Å². The molecule has 0 bridgehead atoms. The van der Waals surface area contributed by atoms with Gasteiger partial charge in [0, 0.05) is 23.5 Å². The number of hydrogen-bond donors (Lipinski definition) is 3. The first-order valence-electron chi connectivity index (χ1n) is 8.38. The summed E-state index contributed by atoms with van der Waals surface area (Å²) in [5.41, 5.74) is 4.21. The molecule has 0 spiro atoms. The number of H-pyrrole nitrogens is 1. The number of benzene rings is 1. The van der Waals surface area contributed by atoms with Gasteiger partial charge >= 0.3 is 0 Å².